The minimum Gasteiger partial charge on any atom is -0.375 e. The van der Waals surface area contributed by atoms with Gasteiger partial charge in [0.15, 0.2) is 0 Å². The van der Waals surface area contributed by atoms with Gasteiger partial charge in [-0.05, 0) is 43.3 Å². The normalized spacial score (nSPS) is 15.7. The first kappa shape index (κ1) is 20.0. The van der Waals surface area contributed by atoms with Crippen LogP contribution in [0.1, 0.15) is 13.3 Å². The third-order valence-corrected chi connectivity index (χ3v) is 6.00. The van der Waals surface area contributed by atoms with Crippen molar-refractivity contribution in [1.29, 1.82) is 0 Å². The van der Waals surface area contributed by atoms with Crippen molar-refractivity contribution in [2.24, 2.45) is 0 Å². The van der Waals surface area contributed by atoms with E-state index in [0.29, 0.717) is 5.69 Å². The predicted octanol–water partition coefficient (Wildman–Crippen LogP) is 5.01. The quantitative estimate of drug-likeness (QED) is 0.612. The molecule has 0 unspecified atom stereocenters. The van der Waals surface area contributed by atoms with Gasteiger partial charge in [-0.15, -0.1) is 0 Å². The Morgan fingerprint density at radius 1 is 1.03 bits per heavy atom. The van der Waals surface area contributed by atoms with Crippen LogP contribution < -0.4 is 15.5 Å². The molecule has 152 valence electrons. The molecule has 3 aromatic rings. The lowest BCUT2D eigenvalue weighted by molar-refractivity contribution is -0.118. The molecule has 30 heavy (non-hydrogen) atoms. The van der Waals surface area contributed by atoms with E-state index in [-0.39, 0.29) is 30.8 Å². The molecule has 0 aliphatic carbocycles. The molecule has 0 spiro atoms. The van der Waals surface area contributed by atoms with Crippen LogP contribution in [0, 0.1) is 0 Å². The summed E-state index contributed by atoms with van der Waals surface area (Å²) in [6.45, 7) is 2.04. The number of amides is 2. The number of anilines is 3. The second-order valence-corrected chi connectivity index (χ2v) is 8.26. The van der Waals surface area contributed by atoms with Crippen molar-refractivity contribution in [1.82, 2.24) is 0 Å². The number of para-hydroxylation sites is 3. The molecule has 0 fully saturated rings. The van der Waals surface area contributed by atoms with Crippen molar-refractivity contribution in [3.8, 4) is 0 Å². The Morgan fingerprint density at radius 2 is 1.73 bits per heavy atom. The van der Waals surface area contributed by atoms with E-state index < -0.39 is 0 Å². The van der Waals surface area contributed by atoms with Gasteiger partial charge in [0.25, 0.3) is 0 Å². The van der Waals surface area contributed by atoms with Crippen LogP contribution in [-0.2, 0) is 9.59 Å². The summed E-state index contributed by atoms with van der Waals surface area (Å²) in [5.74, 6) is -0.159. The zero-order chi connectivity index (χ0) is 20.9. The number of nitrogens with one attached hydrogen (secondary N) is 2. The van der Waals surface area contributed by atoms with E-state index in [1.165, 1.54) is 0 Å². The van der Waals surface area contributed by atoms with Gasteiger partial charge in [0.05, 0.1) is 17.9 Å². The van der Waals surface area contributed by atoms with Gasteiger partial charge in [-0.25, -0.2) is 0 Å². The van der Waals surface area contributed by atoms with Crippen LogP contribution >= 0.6 is 11.8 Å². The second kappa shape index (κ2) is 9.05. The first-order valence-corrected chi connectivity index (χ1v) is 10.7. The molecule has 1 aliphatic heterocycles. The highest BCUT2D eigenvalue weighted by atomic mass is 32.2. The molecule has 2 amide bonds. The van der Waals surface area contributed by atoms with Crippen LogP contribution in [0.25, 0.3) is 0 Å². The highest BCUT2D eigenvalue weighted by Crippen LogP contribution is 2.34. The third-order valence-electron chi connectivity index (χ3n) is 4.92. The van der Waals surface area contributed by atoms with Crippen LogP contribution in [0.5, 0.6) is 0 Å². The van der Waals surface area contributed by atoms with Crippen molar-refractivity contribution >= 4 is 40.6 Å². The first-order chi connectivity index (χ1) is 14.6. The SMILES string of the molecule is C[C@@H]1CC(=O)Nc2ccccc2N1C(=O)CNc1ccccc1Sc1ccccc1. The fourth-order valence-corrected chi connectivity index (χ4v) is 4.48. The monoisotopic (exact) mass is 417 g/mol. The molecule has 1 heterocycles. The average Bonchev–Trinajstić information content (AvgIpc) is 2.88. The maximum Gasteiger partial charge on any atom is 0.246 e. The van der Waals surface area contributed by atoms with E-state index in [0.717, 1.165) is 21.2 Å². The number of nitrogens with zero attached hydrogens (tertiary/aromatic N) is 1. The van der Waals surface area contributed by atoms with Crippen LogP contribution in [0.15, 0.2) is 88.7 Å². The smallest absolute Gasteiger partial charge is 0.246 e. The van der Waals surface area contributed by atoms with Crippen LogP contribution in [0.2, 0.25) is 0 Å². The minimum atomic E-state index is -0.225. The standard InChI is InChI=1S/C24H23N3O2S/c1-17-15-23(28)26-19-11-5-7-13-21(19)27(17)24(29)16-25-20-12-6-8-14-22(20)30-18-9-3-2-4-10-18/h2-14,17,25H,15-16H2,1H3,(H,26,28)/t17-/m1/s1. The predicted molar refractivity (Wildman–Crippen MR) is 122 cm³/mol. The zero-order valence-corrected chi connectivity index (χ0v) is 17.5. The van der Waals surface area contributed by atoms with Crippen molar-refractivity contribution in [2.45, 2.75) is 29.2 Å². The van der Waals surface area contributed by atoms with Crippen molar-refractivity contribution < 1.29 is 9.59 Å². The maximum atomic E-state index is 13.2. The molecule has 4 rings (SSSR count). The Labute approximate surface area is 180 Å². The van der Waals surface area contributed by atoms with Crippen LogP contribution in [-0.4, -0.2) is 24.4 Å². The molecule has 2 N–H and O–H groups in total. The summed E-state index contributed by atoms with van der Waals surface area (Å²) >= 11 is 1.65. The van der Waals surface area contributed by atoms with E-state index >= 15 is 0 Å². The Balaban J connectivity index is 1.52. The highest BCUT2D eigenvalue weighted by molar-refractivity contribution is 7.99. The average molecular weight is 418 g/mol. The third kappa shape index (κ3) is 4.49. The highest BCUT2D eigenvalue weighted by Gasteiger charge is 2.29. The van der Waals surface area contributed by atoms with Crippen molar-refractivity contribution in [2.75, 3.05) is 22.1 Å². The summed E-state index contributed by atoms with van der Waals surface area (Å²) in [6, 6.07) is 25.3. The number of carbonyl (C=O) groups is 2. The Hall–Kier alpha value is -3.25. The topological polar surface area (TPSA) is 61.4 Å². The molecule has 1 aliphatic rings. The summed E-state index contributed by atoms with van der Waals surface area (Å²) in [5, 5.41) is 6.19. The van der Waals surface area contributed by atoms with Gasteiger partial charge < -0.3 is 15.5 Å². The largest absolute Gasteiger partial charge is 0.375 e. The molecular formula is C24H23N3O2S. The molecule has 6 heteroatoms. The van der Waals surface area contributed by atoms with Crippen molar-refractivity contribution in [3.63, 3.8) is 0 Å². The molecule has 3 aromatic carbocycles. The minimum absolute atomic E-state index is 0.0778. The summed E-state index contributed by atoms with van der Waals surface area (Å²) in [4.78, 5) is 29.3. The van der Waals surface area contributed by atoms with Gasteiger partial charge >= 0.3 is 0 Å². The summed E-state index contributed by atoms with van der Waals surface area (Å²) in [6.07, 6.45) is 0.265. The molecular weight excluding hydrogens is 394 g/mol. The molecule has 0 saturated carbocycles. The van der Waals surface area contributed by atoms with E-state index in [4.69, 9.17) is 0 Å². The fourth-order valence-electron chi connectivity index (χ4n) is 3.54. The Bertz CT molecular complexity index is 1060. The molecule has 0 saturated heterocycles. The lowest BCUT2D eigenvalue weighted by atomic mass is 10.1. The first-order valence-electron chi connectivity index (χ1n) is 9.88. The Kier molecular flexibility index (Phi) is 6.05. The van der Waals surface area contributed by atoms with Gasteiger partial charge in [-0.2, -0.15) is 0 Å². The van der Waals surface area contributed by atoms with Gasteiger partial charge in [0, 0.05) is 27.9 Å². The summed E-state index contributed by atoms with van der Waals surface area (Å²) in [5.41, 5.74) is 2.31. The fraction of sp³-hybridized carbons (Fsp3) is 0.167. The lowest BCUT2D eigenvalue weighted by Gasteiger charge is -2.28. The molecule has 0 radical (unpaired) electrons. The maximum absolute atomic E-state index is 13.2. The Morgan fingerprint density at radius 3 is 2.57 bits per heavy atom. The zero-order valence-electron chi connectivity index (χ0n) is 16.7. The lowest BCUT2D eigenvalue weighted by Crippen LogP contribution is -2.42. The van der Waals surface area contributed by atoms with Crippen LogP contribution in [0.4, 0.5) is 17.1 Å². The summed E-state index contributed by atoms with van der Waals surface area (Å²) in [7, 11) is 0. The van der Waals surface area contributed by atoms with Gasteiger partial charge in [-0.1, -0.05) is 54.2 Å². The summed E-state index contributed by atoms with van der Waals surface area (Å²) < 4.78 is 0. The number of rotatable bonds is 5. The van der Waals surface area contributed by atoms with E-state index in [1.54, 1.807) is 16.7 Å². The van der Waals surface area contributed by atoms with Gasteiger partial charge in [0.2, 0.25) is 11.8 Å². The van der Waals surface area contributed by atoms with E-state index in [2.05, 4.69) is 22.8 Å². The number of hydrogen-bond donors (Lipinski definition) is 2. The number of benzene rings is 3. The van der Waals surface area contributed by atoms with E-state index in [9.17, 15) is 9.59 Å². The molecule has 0 aromatic heterocycles. The molecule has 1 atom stereocenters. The number of carbonyl (C=O) groups excluding carboxylic acids is 2. The number of fused-ring (bicyclic) bond motifs is 1. The molecule has 0 bridgehead atoms. The van der Waals surface area contributed by atoms with E-state index in [1.807, 2.05) is 73.7 Å². The van der Waals surface area contributed by atoms with Gasteiger partial charge in [-0.3, -0.25) is 9.59 Å². The van der Waals surface area contributed by atoms with Gasteiger partial charge in [0.1, 0.15) is 0 Å². The van der Waals surface area contributed by atoms with Crippen molar-refractivity contribution in [3.05, 3.63) is 78.9 Å². The molecule has 5 nitrogen and oxygen atoms in total. The number of hydrogen-bond acceptors (Lipinski definition) is 4. The van der Waals surface area contributed by atoms with Crippen LogP contribution in [0.3, 0.4) is 0 Å². The second-order valence-electron chi connectivity index (χ2n) is 7.15.